The molecule has 2 heterocycles. The number of guanidine groups is 1. The molecule has 1 atom stereocenters. The molecule has 7 heteroatoms. The van der Waals surface area contributed by atoms with Gasteiger partial charge in [0.25, 0.3) is 0 Å². The van der Waals surface area contributed by atoms with Crippen LogP contribution in [0.1, 0.15) is 47.5 Å². The molecule has 1 amide bonds. The van der Waals surface area contributed by atoms with Gasteiger partial charge in [-0.05, 0) is 44.7 Å². The second-order valence-electron chi connectivity index (χ2n) is 8.22. The maximum atomic E-state index is 11.5. The molecule has 6 nitrogen and oxygen atoms in total. The van der Waals surface area contributed by atoms with Gasteiger partial charge in [0.1, 0.15) is 0 Å². The summed E-state index contributed by atoms with van der Waals surface area (Å²) in [6.07, 6.45) is 2.61. The van der Waals surface area contributed by atoms with Crippen molar-refractivity contribution in [1.82, 2.24) is 20.0 Å². The maximum absolute atomic E-state index is 11.5. The normalized spacial score (nSPS) is 21.2. The summed E-state index contributed by atoms with van der Waals surface area (Å²) in [4.78, 5) is 23.4. The first-order valence-electron chi connectivity index (χ1n) is 10.4. The van der Waals surface area contributed by atoms with Crippen LogP contribution in [0, 0.1) is 11.8 Å². The number of halogens is 1. The van der Waals surface area contributed by atoms with Crippen molar-refractivity contribution in [3.63, 3.8) is 0 Å². The lowest BCUT2D eigenvalue weighted by molar-refractivity contribution is -0.130. The lowest BCUT2D eigenvalue weighted by Gasteiger charge is -2.39. The number of carbonyl (C=O) groups excluding carboxylic acids is 1. The van der Waals surface area contributed by atoms with Gasteiger partial charge in [-0.15, -0.1) is 24.0 Å². The first kappa shape index (κ1) is 24.5. The third kappa shape index (κ3) is 7.40. The Hall–Kier alpha value is -0.570. The fourth-order valence-corrected chi connectivity index (χ4v) is 3.95. The molecule has 2 saturated heterocycles. The van der Waals surface area contributed by atoms with Gasteiger partial charge in [0.2, 0.25) is 5.91 Å². The van der Waals surface area contributed by atoms with Gasteiger partial charge in [0, 0.05) is 45.7 Å². The Bertz CT molecular complexity index is 469. The smallest absolute Gasteiger partial charge is 0.219 e. The molecule has 27 heavy (non-hydrogen) atoms. The third-order valence-corrected chi connectivity index (χ3v) is 5.84. The molecule has 0 bridgehead atoms. The topological polar surface area (TPSA) is 51.2 Å². The fraction of sp³-hybridized carbons (Fsp3) is 0.900. The second kappa shape index (κ2) is 12.1. The quantitative estimate of drug-likeness (QED) is 0.363. The fourth-order valence-electron chi connectivity index (χ4n) is 3.95. The van der Waals surface area contributed by atoms with Crippen LogP contribution in [0.3, 0.4) is 0 Å². The highest BCUT2D eigenvalue weighted by molar-refractivity contribution is 14.0. The third-order valence-electron chi connectivity index (χ3n) is 5.84. The molecule has 1 unspecified atom stereocenters. The highest BCUT2D eigenvalue weighted by Crippen LogP contribution is 2.21. The average molecular weight is 493 g/mol. The molecule has 2 rings (SSSR count). The Labute approximate surface area is 183 Å². The molecular formula is C20H40IN5O. The first-order chi connectivity index (χ1) is 12.4. The zero-order valence-electron chi connectivity index (χ0n) is 17.9. The predicted molar refractivity (Wildman–Crippen MR) is 124 cm³/mol. The summed E-state index contributed by atoms with van der Waals surface area (Å²) < 4.78 is 0. The van der Waals surface area contributed by atoms with Crippen LogP contribution in [0.4, 0.5) is 0 Å². The van der Waals surface area contributed by atoms with Gasteiger partial charge in [0.15, 0.2) is 5.96 Å². The van der Waals surface area contributed by atoms with Gasteiger partial charge < -0.3 is 15.1 Å². The molecular weight excluding hydrogens is 453 g/mol. The van der Waals surface area contributed by atoms with Crippen molar-refractivity contribution in [2.45, 2.75) is 53.5 Å². The number of likely N-dealkylation sites (tertiary alicyclic amines) is 1. The summed E-state index contributed by atoms with van der Waals surface area (Å²) in [6.45, 7) is 18.2. The van der Waals surface area contributed by atoms with Crippen molar-refractivity contribution in [2.75, 3.05) is 52.4 Å². The van der Waals surface area contributed by atoms with Gasteiger partial charge in [-0.1, -0.05) is 20.8 Å². The molecule has 2 fully saturated rings. The molecule has 2 aliphatic heterocycles. The maximum Gasteiger partial charge on any atom is 0.219 e. The molecule has 2 aliphatic rings. The minimum Gasteiger partial charge on any atom is -0.357 e. The Morgan fingerprint density at radius 3 is 2.11 bits per heavy atom. The van der Waals surface area contributed by atoms with Crippen molar-refractivity contribution < 1.29 is 4.79 Å². The van der Waals surface area contributed by atoms with Gasteiger partial charge in [-0.2, -0.15) is 0 Å². The zero-order chi connectivity index (χ0) is 19.1. The van der Waals surface area contributed by atoms with E-state index in [2.05, 4.69) is 42.8 Å². The van der Waals surface area contributed by atoms with E-state index in [1.54, 1.807) is 6.92 Å². The molecule has 0 aromatic heterocycles. The van der Waals surface area contributed by atoms with E-state index in [-0.39, 0.29) is 29.9 Å². The molecule has 0 radical (unpaired) electrons. The van der Waals surface area contributed by atoms with Gasteiger partial charge in [-0.3, -0.25) is 14.7 Å². The first-order valence-corrected chi connectivity index (χ1v) is 10.4. The number of rotatable bonds is 5. The van der Waals surface area contributed by atoms with E-state index in [0.29, 0.717) is 12.0 Å². The summed E-state index contributed by atoms with van der Waals surface area (Å²) in [6, 6.07) is 0.509. The Kier molecular flexibility index (Phi) is 11.0. The van der Waals surface area contributed by atoms with Crippen LogP contribution in [0.5, 0.6) is 0 Å². The monoisotopic (exact) mass is 493 g/mol. The Balaban J connectivity index is 0.00000364. The van der Waals surface area contributed by atoms with Crippen molar-refractivity contribution in [3.8, 4) is 0 Å². The SMILES string of the molecule is CCNC(=NCC(C(C)C)N1CCC(C)CC1)N1CCN(C(C)=O)CC1.I. The number of aliphatic imine (C=N–C) groups is 1. The van der Waals surface area contributed by atoms with E-state index in [0.717, 1.165) is 51.1 Å². The Morgan fingerprint density at radius 1 is 1.07 bits per heavy atom. The van der Waals surface area contributed by atoms with Crippen molar-refractivity contribution in [3.05, 3.63) is 0 Å². The van der Waals surface area contributed by atoms with Gasteiger partial charge in [0.05, 0.1) is 6.54 Å². The Morgan fingerprint density at radius 2 is 1.63 bits per heavy atom. The van der Waals surface area contributed by atoms with Crippen molar-refractivity contribution in [1.29, 1.82) is 0 Å². The molecule has 0 aliphatic carbocycles. The summed E-state index contributed by atoms with van der Waals surface area (Å²) in [5.41, 5.74) is 0. The summed E-state index contributed by atoms with van der Waals surface area (Å²) in [7, 11) is 0. The molecule has 0 saturated carbocycles. The minimum absolute atomic E-state index is 0. The van der Waals surface area contributed by atoms with Gasteiger partial charge in [-0.25, -0.2) is 0 Å². The van der Waals surface area contributed by atoms with Crippen LogP contribution in [-0.4, -0.2) is 85.0 Å². The zero-order valence-corrected chi connectivity index (χ0v) is 20.2. The van der Waals surface area contributed by atoms with Crippen molar-refractivity contribution >= 4 is 35.8 Å². The van der Waals surface area contributed by atoms with E-state index >= 15 is 0 Å². The highest BCUT2D eigenvalue weighted by Gasteiger charge is 2.26. The number of piperazine rings is 1. The van der Waals surface area contributed by atoms with E-state index in [1.165, 1.54) is 25.9 Å². The van der Waals surface area contributed by atoms with Gasteiger partial charge >= 0.3 is 0 Å². The highest BCUT2D eigenvalue weighted by atomic mass is 127. The molecule has 0 spiro atoms. The molecule has 158 valence electrons. The van der Waals surface area contributed by atoms with Crippen LogP contribution in [0.25, 0.3) is 0 Å². The number of amides is 1. The van der Waals surface area contributed by atoms with Crippen LogP contribution < -0.4 is 5.32 Å². The minimum atomic E-state index is 0. The number of hydrogen-bond donors (Lipinski definition) is 1. The van der Waals surface area contributed by atoms with E-state index in [9.17, 15) is 4.79 Å². The van der Waals surface area contributed by atoms with Crippen LogP contribution in [-0.2, 0) is 4.79 Å². The van der Waals surface area contributed by atoms with E-state index in [1.807, 2.05) is 4.90 Å². The summed E-state index contributed by atoms with van der Waals surface area (Å²) in [5, 5.41) is 3.45. The lowest BCUT2D eigenvalue weighted by Crippen LogP contribution is -2.54. The second-order valence-corrected chi connectivity index (χ2v) is 8.22. The lowest BCUT2D eigenvalue weighted by atomic mass is 9.94. The van der Waals surface area contributed by atoms with Crippen LogP contribution in [0.2, 0.25) is 0 Å². The van der Waals surface area contributed by atoms with E-state index < -0.39 is 0 Å². The largest absolute Gasteiger partial charge is 0.357 e. The number of nitrogens with one attached hydrogen (secondary N) is 1. The molecule has 1 N–H and O–H groups in total. The molecule has 0 aromatic rings. The van der Waals surface area contributed by atoms with Crippen molar-refractivity contribution in [2.24, 2.45) is 16.8 Å². The number of carbonyl (C=O) groups is 1. The standard InChI is InChI=1S/C20H39N5O.HI/c1-6-21-20(25-13-11-23(12-14-25)18(5)26)22-15-19(16(2)3)24-9-7-17(4)8-10-24;/h16-17,19H,6-15H2,1-5H3,(H,21,22);1H. The number of nitrogens with zero attached hydrogens (tertiary/aromatic N) is 4. The summed E-state index contributed by atoms with van der Waals surface area (Å²) in [5.74, 6) is 2.64. The summed E-state index contributed by atoms with van der Waals surface area (Å²) >= 11 is 0. The number of piperidine rings is 1. The predicted octanol–water partition coefficient (Wildman–Crippen LogP) is 2.49. The van der Waals surface area contributed by atoms with Crippen LogP contribution >= 0.6 is 24.0 Å². The molecule has 0 aromatic carbocycles. The number of hydrogen-bond acceptors (Lipinski definition) is 3. The van der Waals surface area contributed by atoms with Crippen LogP contribution in [0.15, 0.2) is 4.99 Å². The van der Waals surface area contributed by atoms with E-state index in [4.69, 9.17) is 4.99 Å². The average Bonchev–Trinajstić information content (AvgIpc) is 2.62.